The summed E-state index contributed by atoms with van der Waals surface area (Å²) in [5.74, 6) is -0.570. The second-order valence-corrected chi connectivity index (χ2v) is 7.62. The third-order valence-electron chi connectivity index (χ3n) is 3.90. The molecule has 2 aromatic rings. The topological polar surface area (TPSA) is 105 Å². The van der Waals surface area contributed by atoms with Crippen LogP contribution in [0.4, 0.5) is 10.5 Å². The van der Waals surface area contributed by atoms with Crippen LogP contribution in [0.5, 0.6) is 5.75 Å². The lowest BCUT2D eigenvalue weighted by Crippen LogP contribution is -2.27. The quantitative estimate of drug-likeness (QED) is 0.624. The highest BCUT2D eigenvalue weighted by atomic mass is 16.6. The SMILES string of the molecule is CC(C)(C)OC(=O)Nc1ccc(CCOc2ccc(C[C@H](O)C(=O)O)cc2)cc1. The molecule has 0 aliphatic carbocycles. The number of carbonyl (C=O) groups excluding carboxylic acids is 1. The summed E-state index contributed by atoms with van der Waals surface area (Å²) in [7, 11) is 0. The molecule has 7 nitrogen and oxygen atoms in total. The first kappa shape index (κ1) is 22.2. The number of amides is 1. The number of carboxylic acids is 1. The lowest BCUT2D eigenvalue weighted by molar-refractivity contribution is -0.146. The molecule has 29 heavy (non-hydrogen) atoms. The van der Waals surface area contributed by atoms with Gasteiger partial charge in [-0.2, -0.15) is 0 Å². The number of ether oxygens (including phenoxy) is 2. The summed E-state index contributed by atoms with van der Waals surface area (Å²) in [6.45, 7) is 5.89. The number of hydrogen-bond donors (Lipinski definition) is 3. The molecule has 1 atom stereocenters. The van der Waals surface area contributed by atoms with Crippen LogP contribution in [0.2, 0.25) is 0 Å². The van der Waals surface area contributed by atoms with Gasteiger partial charge in [-0.1, -0.05) is 24.3 Å². The molecule has 0 heterocycles. The number of hydrogen-bond acceptors (Lipinski definition) is 5. The summed E-state index contributed by atoms with van der Waals surface area (Å²) in [6, 6.07) is 14.4. The Labute approximate surface area is 170 Å². The van der Waals surface area contributed by atoms with Crippen LogP contribution in [-0.2, 0) is 22.4 Å². The first-order valence-corrected chi connectivity index (χ1v) is 9.34. The first-order chi connectivity index (χ1) is 13.6. The molecule has 0 fully saturated rings. The lowest BCUT2D eigenvalue weighted by atomic mass is 10.1. The van der Waals surface area contributed by atoms with Crippen molar-refractivity contribution >= 4 is 17.7 Å². The molecular formula is C22H27NO6. The van der Waals surface area contributed by atoms with Crippen molar-refractivity contribution in [2.45, 2.75) is 45.3 Å². The monoisotopic (exact) mass is 401 g/mol. The molecule has 1 amide bonds. The molecule has 0 unspecified atom stereocenters. The van der Waals surface area contributed by atoms with E-state index in [0.717, 1.165) is 11.1 Å². The molecule has 2 aromatic carbocycles. The van der Waals surface area contributed by atoms with Gasteiger partial charge >= 0.3 is 12.1 Å². The Kier molecular flexibility index (Phi) is 7.61. The van der Waals surface area contributed by atoms with E-state index in [9.17, 15) is 14.7 Å². The van der Waals surface area contributed by atoms with Crippen LogP contribution < -0.4 is 10.1 Å². The van der Waals surface area contributed by atoms with Crippen LogP contribution in [0.1, 0.15) is 31.9 Å². The van der Waals surface area contributed by atoms with E-state index < -0.39 is 23.8 Å². The van der Waals surface area contributed by atoms with Gasteiger partial charge in [0.2, 0.25) is 0 Å². The number of rotatable bonds is 8. The fourth-order valence-electron chi connectivity index (χ4n) is 2.50. The van der Waals surface area contributed by atoms with Crippen LogP contribution in [-0.4, -0.2) is 40.6 Å². The molecule has 7 heteroatoms. The van der Waals surface area contributed by atoms with Crippen LogP contribution in [0.15, 0.2) is 48.5 Å². The average Bonchev–Trinajstić information content (AvgIpc) is 2.63. The normalized spacial score (nSPS) is 12.1. The van der Waals surface area contributed by atoms with Gasteiger partial charge in [0.25, 0.3) is 0 Å². The van der Waals surface area contributed by atoms with Crippen LogP contribution >= 0.6 is 0 Å². The predicted molar refractivity (Wildman–Crippen MR) is 109 cm³/mol. The summed E-state index contributed by atoms with van der Waals surface area (Å²) in [6.07, 6.45) is -1.16. The number of nitrogens with one attached hydrogen (secondary N) is 1. The number of carboxylic acid groups (broad SMARTS) is 1. The van der Waals surface area contributed by atoms with E-state index >= 15 is 0 Å². The van der Waals surface area contributed by atoms with Gasteiger partial charge in [-0.25, -0.2) is 9.59 Å². The van der Waals surface area contributed by atoms with Gasteiger partial charge in [-0.3, -0.25) is 5.32 Å². The molecule has 0 saturated heterocycles. The van der Waals surface area contributed by atoms with E-state index in [2.05, 4.69) is 5.32 Å². The fourth-order valence-corrected chi connectivity index (χ4v) is 2.50. The van der Waals surface area contributed by atoms with Crippen molar-refractivity contribution in [2.75, 3.05) is 11.9 Å². The Morgan fingerprint density at radius 3 is 2.14 bits per heavy atom. The zero-order valence-corrected chi connectivity index (χ0v) is 16.8. The van der Waals surface area contributed by atoms with Crippen molar-refractivity contribution in [3.05, 3.63) is 59.7 Å². The standard InChI is InChI=1S/C22H27NO6/c1-22(2,3)29-21(27)23-17-8-4-15(5-9-17)12-13-28-18-10-6-16(7-11-18)14-19(24)20(25)26/h4-11,19,24H,12-14H2,1-3H3,(H,23,27)(H,25,26)/t19-/m0/s1. The van der Waals surface area contributed by atoms with Crippen molar-refractivity contribution < 1.29 is 29.3 Å². The van der Waals surface area contributed by atoms with Gasteiger partial charge in [0.05, 0.1) is 6.61 Å². The lowest BCUT2D eigenvalue weighted by Gasteiger charge is -2.19. The molecule has 0 bridgehead atoms. The molecule has 0 aromatic heterocycles. The number of carbonyl (C=O) groups is 2. The van der Waals surface area contributed by atoms with Crippen LogP contribution in [0, 0.1) is 0 Å². The van der Waals surface area contributed by atoms with E-state index in [1.807, 2.05) is 45.0 Å². The van der Waals surface area contributed by atoms with E-state index in [4.69, 9.17) is 14.6 Å². The summed E-state index contributed by atoms with van der Waals surface area (Å²) in [5.41, 5.74) is 1.89. The molecular weight excluding hydrogens is 374 g/mol. The Morgan fingerprint density at radius 1 is 1.00 bits per heavy atom. The third-order valence-corrected chi connectivity index (χ3v) is 3.90. The summed E-state index contributed by atoms with van der Waals surface area (Å²) in [4.78, 5) is 22.4. The highest BCUT2D eigenvalue weighted by molar-refractivity contribution is 5.84. The fraction of sp³-hybridized carbons (Fsp3) is 0.364. The van der Waals surface area contributed by atoms with Crippen LogP contribution in [0.3, 0.4) is 0 Å². The summed E-state index contributed by atoms with van der Waals surface area (Å²) < 4.78 is 10.9. The Bertz CT molecular complexity index is 809. The van der Waals surface area contributed by atoms with Crippen molar-refractivity contribution in [1.82, 2.24) is 0 Å². The Hall–Kier alpha value is -3.06. The minimum atomic E-state index is -1.41. The summed E-state index contributed by atoms with van der Waals surface area (Å²) >= 11 is 0. The molecule has 0 aliphatic rings. The number of aliphatic carboxylic acids is 1. The van der Waals surface area contributed by atoms with Crippen molar-refractivity contribution in [1.29, 1.82) is 0 Å². The minimum absolute atomic E-state index is 0.0549. The van der Waals surface area contributed by atoms with E-state index in [0.29, 0.717) is 24.5 Å². The highest BCUT2D eigenvalue weighted by Gasteiger charge is 2.16. The first-order valence-electron chi connectivity index (χ1n) is 9.34. The van der Waals surface area contributed by atoms with Crippen molar-refractivity contribution in [3.8, 4) is 5.75 Å². The predicted octanol–water partition coefficient (Wildman–Crippen LogP) is 3.64. The minimum Gasteiger partial charge on any atom is -0.493 e. The van der Waals surface area contributed by atoms with E-state index in [1.54, 1.807) is 24.3 Å². The molecule has 0 saturated carbocycles. The third kappa shape index (κ3) is 8.23. The van der Waals surface area contributed by atoms with Gasteiger partial charge in [-0.05, 0) is 56.2 Å². The second-order valence-electron chi connectivity index (χ2n) is 7.62. The maximum atomic E-state index is 11.8. The molecule has 156 valence electrons. The molecule has 2 rings (SSSR count). The summed E-state index contributed by atoms with van der Waals surface area (Å²) in [5, 5.41) is 20.8. The maximum Gasteiger partial charge on any atom is 0.412 e. The zero-order chi connectivity index (χ0) is 21.4. The van der Waals surface area contributed by atoms with Gasteiger partial charge in [0.15, 0.2) is 6.10 Å². The number of aliphatic hydroxyl groups excluding tert-OH is 1. The highest BCUT2D eigenvalue weighted by Crippen LogP contribution is 2.16. The maximum absolute atomic E-state index is 11.8. The van der Waals surface area contributed by atoms with E-state index in [-0.39, 0.29) is 6.42 Å². The molecule has 3 N–H and O–H groups in total. The van der Waals surface area contributed by atoms with Gasteiger partial charge in [0, 0.05) is 18.5 Å². The van der Waals surface area contributed by atoms with Gasteiger partial charge in [-0.15, -0.1) is 0 Å². The smallest absolute Gasteiger partial charge is 0.412 e. The number of anilines is 1. The average molecular weight is 401 g/mol. The zero-order valence-electron chi connectivity index (χ0n) is 16.8. The number of aliphatic hydroxyl groups is 1. The molecule has 0 spiro atoms. The largest absolute Gasteiger partial charge is 0.493 e. The number of benzene rings is 2. The Balaban J connectivity index is 1.77. The van der Waals surface area contributed by atoms with Crippen LogP contribution in [0.25, 0.3) is 0 Å². The van der Waals surface area contributed by atoms with Crippen molar-refractivity contribution in [3.63, 3.8) is 0 Å². The van der Waals surface area contributed by atoms with Gasteiger partial charge < -0.3 is 19.7 Å². The van der Waals surface area contributed by atoms with E-state index in [1.165, 1.54) is 0 Å². The molecule has 0 aliphatic heterocycles. The van der Waals surface area contributed by atoms with Gasteiger partial charge in [0.1, 0.15) is 11.4 Å². The Morgan fingerprint density at radius 2 is 1.59 bits per heavy atom. The second kappa shape index (κ2) is 9.93. The van der Waals surface area contributed by atoms with Crippen molar-refractivity contribution in [2.24, 2.45) is 0 Å². The molecule has 0 radical (unpaired) electrons.